The van der Waals surface area contributed by atoms with Crippen molar-refractivity contribution in [2.45, 2.75) is 13.3 Å². The molecule has 0 bridgehead atoms. The van der Waals surface area contributed by atoms with Crippen molar-refractivity contribution in [2.75, 3.05) is 44.4 Å². The molecule has 0 aliphatic heterocycles. The Morgan fingerprint density at radius 1 is 1.05 bits per heavy atom. The molecule has 2 rings (SSSR count). The van der Waals surface area contributed by atoms with Crippen molar-refractivity contribution in [1.29, 1.82) is 0 Å². The minimum atomic E-state index is 0.782. The highest BCUT2D eigenvalue weighted by molar-refractivity contribution is 5.83. The van der Waals surface area contributed by atoms with E-state index in [-0.39, 0.29) is 0 Å². The van der Waals surface area contributed by atoms with Gasteiger partial charge in [-0.2, -0.15) is 0 Å². The third-order valence-corrected chi connectivity index (χ3v) is 3.33. The molecule has 4 heteroatoms. The van der Waals surface area contributed by atoms with Crippen molar-refractivity contribution in [2.24, 2.45) is 0 Å². The van der Waals surface area contributed by atoms with Crippen LogP contribution in [0.2, 0.25) is 0 Å². The summed E-state index contributed by atoms with van der Waals surface area (Å²) in [5.41, 5.74) is 7.59. The van der Waals surface area contributed by atoms with E-state index in [2.05, 4.69) is 43.0 Å². The van der Waals surface area contributed by atoms with Crippen LogP contribution in [0.5, 0.6) is 0 Å². The number of benzene rings is 1. The topological polar surface area (TPSA) is 45.4 Å². The summed E-state index contributed by atoms with van der Waals surface area (Å²) in [6.45, 7) is 5.25. The summed E-state index contributed by atoms with van der Waals surface area (Å²) in [7, 11) is 4.20. The lowest BCUT2D eigenvalue weighted by Crippen LogP contribution is -2.32. The number of pyridine rings is 1. The van der Waals surface area contributed by atoms with Crippen molar-refractivity contribution in [1.82, 2.24) is 9.88 Å². The SMILES string of the molecule is CCCN(CCN(C)C)c1ccc2cc(N)ccc2n1. The van der Waals surface area contributed by atoms with E-state index in [1.54, 1.807) is 0 Å². The van der Waals surface area contributed by atoms with Gasteiger partial charge < -0.3 is 15.5 Å². The number of nitrogens with zero attached hydrogens (tertiary/aromatic N) is 3. The molecule has 0 radical (unpaired) electrons. The molecule has 0 aliphatic rings. The number of rotatable bonds is 6. The molecular formula is C16H24N4. The molecule has 0 spiro atoms. The lowest BCUT2D eigenvalue weighted by molar-refractivity contribution is 0.412. The van der Waals surface area contributed by atoms with Crippen LogP contribution in [0.4, 0.5) is 11.5 Å². The van der Waals surface area contributed by atoms with E-state index in [9.17, 15) is 0 Å². The number of fused-ring (bicyclic) bond motifs is 1. The third-order valence-electron chi connectivity index (χ3n) is 3.33. The predicted molar refractivity (Wildman–Crippen MR) is 87.2 cm³/mol. The Hall–Kier alpha value is -1.81. The highest BCUT2D eigenvalue weighted by Gasteiger charge is 2.08. The summed E-state index contributed by atoms with van der Waals surface area (Å²) in [4.78, 5) is 9.31. The second-order valence-electron chi connectivity index (χ2n) is 5.41. The fraction of sp³-hybridized carbons (Fsp3) is 0.438. The summed E-state index contributed by atoms with van der Waals surface area (Å²) < 4.78 is 0. The van der Waals surface area contributed by atoms with Gasteiger partial charge in [0, 0.05) is 30.7 Å². The molecule has 1 aromatic carbocycles. The van der Waals surface area contributed by atoms with Gasteiger partial charge in [-0.05, 0) is 50.8 Å². The predicted octanol–water partition coefficient (Wildman–Crippen LogP) is 2.60. The molecule has 0 amide bonds. The van der Waals surface area contributed by atoms with Crippen LogP contribution in [0.25, 0.3) is 10.9 Å². The van der Waals surface area contributed by atoms with Crippen molar-refractivity contribution < 1.29 is 0 Å². The highest BCUT2D eigenvalue weighted by Crippen LogP contribution is 2.20. The molecule has 0 fully saturated rings. The minimum absolute atomic E-state index is 0.782. The van der Waals surface area contributed by atoms with Crippen LogP contribution in [0.1, 0.15) is 13.3 Å². The molecule has 0 unspecified atom stereocenters. The maximum Gasteiger partial charge on any atom is 0.129 e. The van der Waals surface area contributed by atoms with E-state index < -0.39 is 0 Å². The normalized spacial score (nSPS) is 11.2. The summed E-state index contributed by atoms with van der Waals surface area (Å²) in [6.07, 6.45) is 1.12. The van der Waals surface area contributed by atoms with Gasteiger partial charge in [0.2, 0.25) is 0 Å². The van der Waals surface area contributed by atoms with Crippen LogP contribution >= 0.6 is 0 Å². The largest absolute Gasteiger partial charge is 0.399 e. The molecule has 1 aromatic heterocycles. The lowest BCUT2D eigenvalue weighted by atomic mass is 10.2. The fourth-order valence-corrected chi connectivity index (χ4v) is 2.24. The zero-order valence-corrected chi connectivity index (χ0v) is 12.6. The van der Waals surface area contributed by atoms with E-state index in [1.165, 1.54) is 0 Å². The van der Waals surface area contributed by atoms with Crippen LogP contribution in [0.3, 0.4) is 0 Å². The first-order valence-electron chi connectivity index (χ1n) is 7.16. The van der Waals surface area contributed by atoms with Gasteiger partial charge in [0.05, 0.1) is 5.52 Å². The second-order valence-corrected chi connectivity index (χ2v) is 5.41. The van der Waals surface area contributed by atoms with Crippen LogP contribution < -0.4 is 10.6 Å². The van der Waals surface area contributed by atoms with Gasteiger partial charge in [-0.15, -0.1) is 0 Å². The van der Waals surface area contributed by atoms with Gasteiger partial charge in [0.15, 0.2) is 0 Å². The van der Waals surface area contributed by atoms with Gasteiger partial charge in [-0.25, -0.2) is 4.98 Å². The molecule has 0 saturated carbocycles. The smallest absolute Gasteiger partial charge is 0.129 e. The first-order valence-corrected chi connectivity index (χ1v) is 7.16. The number of anilines is 2. The number of nitrogens with two attached hydrogens (primary N) is 1. The molecule has 0 aliphatic carbocycles. The van der Waals surface area contributed by atoms with Crippen LogP contribution in [0, 0.1) is 0 Å². The second kappa shape index (κ2) is 6.57. The average molecular weight is 272 g/mol. The molecular weight excluding hydrogens is 248 g/mol. The lowest BCUT2D eigenvalue weighted by Gasteiger charge is -2.25. The molecule has 2 N–H and O–H groups in total. The number of hydrogen-bond acceptors (Lipinski definition) is 4. The van der Waals surface area contributed by atoms with E-state index >= 15 is 0 Å². The van der Waals surface area contributed by atoms with Gasteiger partial charge in [0.25, 0.3) is 0 Å². The summed E-state index contributed by atoms with van der Waals surface area (Å²) in [5.74, 6) is 1.05. The first kappa shape index (κ1) is 14.6. The van der Waals surface area contributed by atoms with Crippen molar-refractivity contribution in [3.8, 4) is 0 Å². The third kappa shape index (κ3) is 3.61. The summed E-state index contributed by atoms with van der Waals surface area (Å²) in [5, 5.41) is 1.10. The van der Waals surface area contributed by atoms with E-state index in [0.717, 1.165) is 48.5 Å². The first-order chi connectivity index (χ1) is 9.60. The van der Waals surface area contributed by atoms with Gasteiger partial charge in [-0.3, -0.25) is 0 Å². The standard InChI is InChI=1S/C16H24N4/c1-4-9-20(11-10-19(2)3)16-8-5-13-12-14(17)6-7-15(13)18-16/h5-8,12H,4,9-11,17H2,1-3H3. The molecule has 108 valence electrons. The van der Waals surface area contributed by atoms with Gasteiger partial charge in [-0.1, -0.05) is 6.92 Å². The van der Waals surface area contributed by atoms with Crippen molar-refractivity contribution in [3.63, 3.8) is 0 Å². The van der Waals surface area contributed by atoms with Crippen LogP contribution in [-0.2, 0) is 0 Å². The molecule has 1 heterocycles. The summed E-state index contributed by atoms with van der Waals surface area (Å²) >= 11 is 0. The minimum Gasteiger partial charge on any atom is -0.399 e. The number of aromatic nitrogens is 1. The number of likely N-dealkylation sites (N-methyl/N-ethyl adjacent to an activating group) is 1. The Morgan fingerprint density at radius 2 is 1.85 bits per heavy atom. The molecule has 2 aromatic rings. The molecule has 4 nitrogen and oxygen atoms in total. The van der Waals surface area contributed by atoms with E-state index in [4.69, 9.17) is 10.7 Å². The highest BCUT2D eigenvalue weighted by atomic mass is 15.2. The zero-order chi connectivity index (χ0) is 14.5. The Balaban J connectivity index is 2.25. The summed E-state index contributed by atoms with van der Waals surface area (Å²) in [6, 6.07) is 10.1. The quantitative estimate of drug-likeness (QED) is 0.821. The Bertz CT molecular complexity index is 565. The molecule has 0 saturated heterocycles. The van der Waals surface area contributed by atoms with Gasteiger partial charge >= 0.3 is 0 Å². The monoisotopic (exact) mass is 272 g/mol. The maximum atomic E-state index is 5.81. The van der Waals surface area contributed by atoms with Crippen molar-refractivity contribution in [3.05, 3.63) is 30.3 Å². The molecule has 0 atom stereocenters. The van der Waals surface area contributed by atoms with Gasteiger partial charge in [0.1, 0.15) is 5.82 Å². The number of hydrogen-bond donors (Lipinski definition) is 1. The van der Waals surface area contributed by atoms with E-state index in [1.807, 2.05) is 18.2 Å². The van der Waals surface area contributed by atoms with Crippen LogP contribution in [0.15, 0.2) is 30.3 Å². The maximum absolute atomic E-state index is 5.81. The Labute approximate surface area is 121 Å². The van der Waals surface area contributed by atoms with Crippen molar-refractivity contribution >= 4 is 22.4 Å². The van der Waals surface area contributed by atoms with E-state index in [0.29, 0.717) is 0 Å². The number of nitrogen functional groups attached to an aromatic ring is 1. The molecule has 20 heavy (non-hydrogen) atoms. The fourth-order valence-electron chi connectivity index (χ4n) is 2.24. The Morgan fingerprint density at radius 3 is 2.55 bits per heavy atom. The Kier molecular flexibility index (Phi) is 4.79. The average Bonchev–Trinajstić information content (AvgIpc) is 2.42. The van der Waals surface area contributed by atoms with Crippen LogP contribution in [-0.4, -0.2) is 43.6 Å². The zero-order valence-electron chi connectivity index (χ0n) is 12.6.